The summed E-state index contributed by atoms with van der Waals surface area (Å²) in [6, 6.07) is 21.4. The van der Waals surface area contributed by atoms with E-state index in [4.69, 9.17) is 4.98 Å². The molecule has 0 aliphatic carbocycles. The zero-order valence-electron chi connectivity index (χ0n) is 21.0. The van der Waals surface area contributed by atoms with Crippen LogP contribution in [0.15, 0.2) is 72.9 Å². The number of H-pyrrole nitrogens is 1. The first-order valence-corrected chi connectivity index (χ1v) is 12.4. The van der Waals surface area contributed by atoms with Crippen molar-refractivity contribution >= 4 is 5.91 Å². The molecule has 184 valence electrons. The molecule has 0 bridgehead atoms. The molecule has 1 aliphatic heterocycles. The number of nitrogens with zero attached hydrogens (tertiary/aromatic N) is 2. The van der Waals surface area contributed by atoms with Crippen molar-refractivity contribution < 1.29 is 9.90 Å². The van der Waals surface area contributed by atoms with Crippen LogP contribution >= 0.6 is 0 Å². The van der Waals surface area contributed by atoms with E-state index >= 15 is 0 Å². The van der Waals surface area contributed by atoms with Crippen LogP contribution < -0.4 is 5.32 Å². The Morgan fingerprint density at radius 1 is 1.08 bits per heavy atom. The summed E-state index contributed by atoms with van der Waals surface area (Å²) >= 11 is 0. The molecule has 3 aromatic carbocycles. The van der Waals surface area contributed by atoms with Crippen LogP contribution in [0.2, 0.25) is 0 Å². The molecule has 0 fully saturated rings. The summed E-state index contributed by atoms with van der Waals surface area (Å²) in [5, 5.41) is 13.2. The lowest BCUT2D eigenvalue weighted by Gasteiger charge is -2.38. The number of likely N-dealkylation sites (N-methyl/N-ethyl adjacent to an activating group) is 1. The molecule has 5 rings (SSSR count). The highest BCUT2D eigenvalue weighted by atomic mass is 16.3. The number of hydrogen-bond donors (Lipinski definition) is 3. The Balaban J connectivity index is 1.48. The zero-order chi connectivity index (χ0) is 25.2. The minimum absolute atomic E-state index is 0.0431. The fourth-order valence-electron chi connectivity index (χ4n) is 5.28. The lowest BCUT2D eigenvalue weighted by molar-refractivity contribution is -0.137. The fourth-order valence-corrected chi connectivity index (χ4v) is 5.28. The Bertz CT molecular complexity index is 1360. The van der Waals surface area contributed by atoms with Crippen molar-refractivity contribution in [2.75, 3.05) is 7.05 Å². The average molecular weight is 481 g/mol. The van der Waals surface area contributed by atoms with E-state index in [-0.39, 0.29) is 17.7 Å². The van der Waals surface area contributed by atoms with E-state index in [1.807, 2.05) is 56.3 Å². The van der Waals surface area contributed by atoms with E-state index in [2.05, 4.69) is 40.6 Å². The Kier molecular flexibility index (Phi) is 6.61. The Labute approximate surface area is 212 Å². The van der Waals surface area contributed by atoms with E-state index in [0.29, 0.717) is 19.4 Å². The van der Waals surface area contributed by atoms with Crippen molar-refractivity contribution in [3.8, 4) is 17.0 Å². The number of aryl methyl sites for hydroxylation is 2. The highest BCUT2D eigenvalue weighted by Crippen LogP contribution is 2.34. The molecule has 1 aliphatic rings. The number of aromatic hydroxyl groups is 1. The summed E-state index contributed by atoms with van der Waals surface area (Å²) in [7, 11) is 1.83. The third-order valence-corrected chi connectivity index (χ3v) is 7.26. The summed E-state index contributed by atoms with van der Waals surface area (Å²) in [6.45, 7) is 4.49. The number of benzene rings is 3. The van der Waals surface area contributed by atoms with Crippen LogP contribution in [0.5, 0.6) is 5.75 Å². The monoisotopic (exact) mass is 480 g/mol. The molecule has 0 radical (unpaired) electrons. The first-order valence-electron chi connectivity index (χ1n) is 12.4. The number of amides is 1. The average Bonchev–Trinajstić information content (AvgIpc) is 3.38. The van der Waals surface area contributed by atoms with Gasteiger partial charge >= 0.3 is 0 Å². The van der Waals surface area contributed by atoms with E-state index in [9.17, 15) is 9.90 Å². The van der Waals surface area contributed by atoms with Gasteiger partial charge in [-0.3, -0.25) is 4.79 Å². The van der Waals surface area contributed by atoms with Crippen LogP contribution in [-0.2, 0) is 24.2 Å². The molecule has 2 atom stereocenters. The van der Waals surface area contributed by atoms with Crippen LogP contribution in [0, 0.1) is 13.8 Å². The van der Waals surface area contributed by atoms with Crippen molar-refractivity contribution in [2.45, 2.75) is 45.3 Å². The third kappa shape index (κ3) is 4.64. The molecule has 0 unspecified atom stereocenters. The molecule has 1 amide bonds. The minimum Gasteiger partial charge on any atom is -0.508 e. The molecule has 2 heterocycles. The van der Waals surface area contributed by atoms with Crippen molar-refractivity contribution in [2.24, 2.45) is 0 Å². The normalized spacial score (nSPS) is 16.0. The summed E-state index contributed by atoms with van der Waals surface area (Å²) in [5.74, 6) is 1.09. The molecule has 1 aromatic heterocycles. The van der Waals surface area contributed by atoms with Crippen LogP contribution in [0.3, 0.4) is 0 Å². The summed E-state index contributed by atoms with van der Waals surface area (Å²) in [5.41, 5.74) is 7.48. The first-order chi connectivity index (χ1) is 17.4. The largest absolute Gasteiger partial charge is 0.508 e. The number of aromatic nitrogens is 2. The van der Waals surface area contributed by atoms with Gasteiger partial charge in [0, 0.05) is 13.0 Å². The highest BCUT2D eigenvalue weighted by molar-refractivity contribution is 5.83. The third-order valence-electron chi connectivity index (χ3n) is 7.26. The zero-order valence-corrected chi connectivity index (χ0v) is 21.0. The first kappa shape index (κ1) is 23.8. The van der Waals surface area contributed by atoms with Gasteiger partial charge in [0.05, 0.1) is 24.0 Å². The number of carbonyl (C=O) groups is 1. The van der Waals surface area contributed by atoms with Crippen LogP contribution in [-0.4, -0.2) is 39.0 Å². The second-order valence-corrected chi connectivity index (χ2v) is 9.61. The highest BCUT2D eigenvalue weighted by Gasteiger charge is 2.36. The summed E-state index contributed by atoms with van der Waals surface area (Å²) in [6.07, 6.45) is 3.11. The number of nitrogens with one attached hydrogen (secondary N) is 2. The summed E-state index contributed by atoms with van der Waals surface area (Å²) < 4.78 is 0. The molecule has 0 saturated carbocycles. The van der Waals surface area contributed by atoms with Gasteiger partial charge in [-0.05, 0) is 72.8 Å². The van der Waals surface area contributed by atoms with E-state index in [0.717, 1.165) is 33.8 Å². The van der Waals surface area contributed by atoms with Gasteiger partial charge in [-0.15, -0.1) is 0 Å². The molecule has 6 heteroatoms. The van der Waals surface area contributed by atoms with Gasteiger partial charge in [-0.1, -0.05) is 54.6 Å². The lowest BCUT2D eigenvalue weighted by Crippen LogP contribution is -2.49. The van der Waals surface area contributed by atoms with Gasteiger partial charge in [0.1, 0.15) is 11.6 Å². The van der Waals surface area contributed by atoms with E-state index in [1.54, 1.807) is 12.1 Å². The van der Waals surface area contributed by atoms with Gasteiger partial charge < -0.3 is 20.3 Å². The van der Waals surface area contributed by atoms with Crippen molar-refractivity contribution in [1.82, 2.24) is 20.2 Å². The molecule has 36 heavy (non-hydrogen) atoms. The molecular weight excluding hydrogens is 448 g/mol. The molecular formula is C30H32N4O2. The van der Waals surface area contributed by atoms with Crippen LogP contribution in [0.4, 0.5) is 0 Å². The predicted octanol–water partition coefficient (Wildman–Crippen LogP) is 4.86. The number of imidazole rings is 1. The smallest absolute Gasteiger partial charge is 0.240 e. The quantitative estimate of drug-likeness (QED) is 0.368. The van der Waals surface area contributed by atoms with Crippen molar-refractivity contribution in [1.29, 1.82) is 0 Å². The number of rotatable bonds is 6. The number of carbonyl (C=O) groups excluding carboxylic acids is 1. The Morgan fingerprint density at radius 3 is 2.44 bits per heavy atom. The predicted molar refractivity (Wildman–Crippen MR) is 142 cm³/mol. The topological polar surface area (TPSA) is 81.2 Å². The maximum Gasteiger partial charge on any atom is 0.240 e. The molecule has 0 saturated heterocycles. The molecule has 6 nitrogen and oxygen atoms in total. The van der Waals surface area contributed by atoms with Crippen molar-refractivity contribution in [3.05, 3.63) is 107 Å². The summed E-state index contributed by atoms with van der Waals surface area (Å²) in [4.78, 5) is 24.3. The standard InChI is InChI=1S/C30H32N4O2/c1-19-13-24(35)14-20(2)25(19)16-26(31-3)30(36)34-18-23-12-8-7-11-22(23)15-28(34)29-32-17-27(33-29)21-9-5-4-6-10-21/h4-14,17,26,28,31,35H,15-16,18H2,1-3H3,(H,32,33)/t26-,28-/m0/s1. The maximum atomic E-state index is 14.1. The SMILES string of the molecule is CN[C@@H](Cc1c(C)cc(O)cc1C)C(=O)N1Cc2ccccc2C[C@H]1c1ncc(-c2ccccc2)[nH]1. The van der Waals surface area contributed by atoms with Gasteiger partial charge in [0.2, 0.25) is 5.91 Å². The number of fused-ring (bicyclic) bond motifs is 1. The minimum atomic E-state index is -0.400. The fraction of sp³-hybridized carbons (Fsp3) is 0.267. The van der Waals surface area contributed by atoms with Gasteiger partial charge in [-0.25, -0.2) is 4.98 Å². The molecule has 0 spiro atoms. The second kappa shape index (κ2) is 9.99. The van der Waals surface area contributed by atoms with Crippen LogP contribution in [0.25, 0.3) is 11.3 Å². The number of hydrogen-bond acceptors (Lipinski definition) is 4. The maximum absolute atomic E-state index is 14.1. The van der Waals surface area contributed by atoms with Gasteiger partial charge in [0.15, 0.2) is 0 Å². The second-order valence-electron chi connectivity index (χ2n) is 9.61. The Morgan fingerprint density at radius 2 is 1.75 bits per heavy atom. The van der Waals surface area contributed by atoms with E-state index in [1.165, 1.54) is 11.1 Å². The Hall–Kier alpha value is -3.90. The number of phenolic OH excluding ortho intramolecular Hbond substituents is 1. The number of phenols is 1. The van der Waals surface area contributed by atoms with Crippen LogP contribution in [0.1, 0.15) is 39.7 Å². The molecule has 3 N–H and O–H groups in total. The van der Waals surface area contributed by atoms with Crippen molar-refractivity contribution in [3.63, 3.8) is 0 Å². The van der Waals surface area contributed by atoms with Gasteiger partial charge in [-0.2, -0.15) is 0 Å². The molecule has 4 aromatic rings. The van der Waals surface area contributed by atoms with E-state index < -0.39 is 6.04 Å². The lowest BCUT2D eigenvalue weighted by atomic mass is 9.91. The number of aromatic amines is 1. The van der Waals surface area contributed by atoms with Gasteiger partial charge in [0.25, 0.3) is 0 Å².